The van der Waals surface area contributed by atoms with E-state index in [1.165, 1.54) is 0 Å². The minimum Gasteiger partial charge on any atom is -0.508 e. The number of hydrogen-bond donors (Lipinski definition) is 3. The SMILES string of the molecule is CCCC(N)CC(=O)Nc1cc(C)c(O)cc1C. The fraction of sp³-hybridized carbons (Fsp3) is 0.500. The second kappa shape index (κ2) is 6.40. The van der Waals surface area contributed by atoms with E-state index in [0.717, 1.165) is 29.7 Å². The van der Waals surface area contributed by atoms with Gasteiger partial charge in [0.1, 0.15) is 5.75 Å². The van der Waals surface area contributed by atoms with Crippen molar-refractivity contribution in [1.29, 1.82) is 0 Å². The third-order valence-electron chi connectivity index (χ3n) is 2.92. The lowest BCUT2D eigenvalue weighted by Gasteiger charge is -2.13. The van der Waals surface area contributed by atoms with Crippen LogP contribution in [0.25, 0.3) is 0 Å². The number of aromatic hydroxyl groups is 1. The summed E-state index contributed by atoms with van der Waals surface area (Å²) in [6.45, 7) is 5.69. The van der Waals surface area contributed by atoms with Gasteiger partial charge in [-0.2, -0.15) is 0 Å². The van der Waals surface area contributed by atoms with Crippen molar-refractivity contribution in [3.8, 4) is 5.75 Å². The van der Waals surface area contributed by atoms with Crippen LogP contribution in [0.3, 0.4) is 0 Å². The Bertz CT molecular complexity index is 430. The molecule has 1 atom stereocenters. The molecule has 0 heterocycles. The average molecular weight is 250 g/mol. The van der Waals surface area contributed by atoms with Crippen molar-refractivity contribution in [3.63, 3.8) is 0 Å². The Labute approximate surface area is 108 Å². The maximum absolute atomic E-state index is 11.8. The van der Waals surface area contributed by atoms with Gasteiger partial charge in [0.2, 0.25) is 5.91 Å². The summed E-state index contributed by atoms with van der Waals surface area (Å²) < 4.78 is 0. The molecule has 0 aliphatic heterocycles. The zero-order chi connectivity index (χ0) is 13.7. The topological polar surface area (TPSA) is 75.4 Å². The van der Waals surface area contributed by atoms with E-state index in [1.807, 2.05) is 13.8 Å². The van der Waals surface area contributed by atoms with Crippen LogP contribution in [0.4, 0.5) is 5.69 Å². The Hall–Kier alpha value is -1.55. The van der Waals surface area contributed by atoms with Crippen LogP contribution >= 0.6 is 0 Å². The molecule has 1 aromatic rings. The number of anilines is 1. The van der Waals surface area contributed by atoms with Crippen LogP contribution in [0.15, 0.2) is 12.1 Å². The Morgan fingerprint density at radius 2 is 2.06 bits per heavy atom. The van der Waals surface area contributed by atoms with Gasteiger partial charge < -0.3 is 16.2 Å². The van der Waals surface area contributed by atoms with Gasteiger partial charge in [-0.05, 0) is 43.5 Å². The van der Waals surface area contributed by atoms with Crippen molar-refractivity contribution in [2.45, 2.75) is 46.1 Å². The number of carbonyl (C=O) groups excluding carboxylic acids is 1. The molecule has 0 saturated heterocycles. The van der Waals surface area contributed by atoms with Crippen molar-refractivity contribution in [3.05, 3.63) is 23.3 Å². The first kappa shape index (κ1) is 14.5. The van der Waals surface area contributed by atoms with Crippen LogP contribution in [-0.4, -0.2) is 17.1 Å². The summed E-state index contributed by atoms with van der Waals surface area (Å²) in [4.78, 5) is 11.8. The molecule has 1 aromatic carbocycles. The fourth-order valence-corrected chi connectivity index (χ4v) is 1.85. The number of nitrogens with one attached hydrogen (secondary N) is 1. The molecule has 0 aliphatic rings. The molecule has 100 valence electrons. The van der Waals surface area contributed by atoms with Crippen LogP contribution < -0.4 is 11.1 Å². The molecule has 4 N–H and O–H groups in total. The summed E-state index contributed by atoms with van der Waals surface area (Å²) in [6.07, 6.45) is 2.15. The summed E-state index contributed by atoms with van der Waals surface area (Å²) in [5, 5.41) is 12.4. The van der Waals surface area contributed by atoms with Crippen LogP contribution in [0, 0.1) is 13.8 Å². The maximum atomic E-state index is 11.8. The standard InChI is InChI=1S/C14H22N2O2/c1-4-5-11(15)8-14(18)16-12-6-10(3)13(17)7-9(12)2/h6-7,11,17H,4-5,8,15H2,1-3H3,(H,16,18). The van der Waals surface area contributed by atoms with E-state index in [4.69, 9.17) is 5.73 Å². The zero-order valence-electron chi connectivity index (χ0n) is 11.3. The largest absolute Gasteiger partial charge is 0.508 e. The lowest BCUT2D eigenvalue weighted by Crippen LogP contribution is -2.27. The number of hydrogen-bond acceptors (Lipinski definition) is 3. The number of rotatable bonds is 5. The lowest BCUT2D eigenvalue weighted by molar-refractivity contribution is -0.116. The number of benzene rings is 1. The van der Waals surface area contributed by atoms with Gasteiger partial charge in [-0.25, -0.2) is 0 Å². The molecule has 0 bridgehead atoms. The normalized spacial score (nSPS) is 12.2. The second-order valence-electron chi connectivity index (χ2n) is 4.75. The molecule has 4 nitrogen and oxygen atoms in total. The number of phenolic OH excluding ortho intramolecular Hbond substituents is 1. The molecule has 0 fully saturated rings. The monoisotopic (exact) mass is 250 g/mol. The van der Waals surface area contributed by atoms with Gasteiger partial charge in [0, 0.05) is 18.2 Å². The van der Waals surface area contributed by atoms with E-state index in [1.54, 1.807) is 19.1 Å². The summed E-state index contributed by atoms with van der Waals surface area (Å²) in [6, 6.07) is 3.33. The molecule has 0 saturated carbocycles. The summed E-state index contributed by atoms with van der Waals surface area (Å²) in [5.74, 6) is 0.164. The Morgan fingerprint density at radius 1 is 1.39 bits per heavy atom. The van der Waals surface area contributed by atoms with Gasteiger partial charge in [-0.3, -0.25) is 4.79 Å². The molecule has 18 heavy (non-hydrogen) atoms. The minimum absolute atomic E-state index is 0.0795. The van der Waals surface area contributed by atoms with Gasteiger partial charge in [0.05, 0.1) is 0 Å². The predicted octanol–water partition coefficient (Wildman–Crippen LogP) is 2.47. The highest BCUT2D eigenvalue weighted by molar-refractivity contribution is 5.92. The first-order valence-corrected chi connectivity index (χ1v) is 6.29. The van der Waals surface area contributed by atoms with E-state index in [9.17, 15) is 9.90 Å². The van der Waals surface area contributed by atoms with E-state index in [-0.39, 0.29) is 17.7 Å². The smallest absolute Gasteiger partial charge is 0.225 e. The summed E-state index contributed by atoms with van der Waals surface area (Å²) in [5.41, 5.74) is 8.15. The van der Waals surface area contributed by atoms with Gasteiger partial charge in [-0.1, -0.05) is 13.3 Å². The second-order valence-corrected chi connectivity index (χ2v) is 4.75. The van der Waals surface area contributed by atoms with E-state index < -0.39 is 0 Å². The highest BCUT2D eigenvalue weighted by Gasteiger charge is 2.11. The highest BCUT2D eigenvalue weighted by atomic mass is 16.3. The predicted molar refractivity (Wildman–Crippen MR) is 73.7 cm³/mol. The molecular formula is C14H22N2O2. The lowest BCUT2D eigenvalue weighted by atomic mass is 10.1. The van der Waals surface area contributed by atoms with Gasteiger partial charge in [0.15, 0.2) is 0 Å². The maximum Gasteiger partial charge on any atom is 0.225 e. The Kier molecular flexibility index (Phi) is 5.16. The molecule has 1 amide bonds. The van der Waals surface area contributed by atoms with Gasteiger partial charge in [0.25, 0.3) is 0 Å². The quantitative estimate of drug-likeness (QED) is 0.703. The molecule has 0 radical (unpaired) electrons. The van der Waals surface area contributed by atoms with E-state index >= 15 is 0 Å². The number of carbonyl (C=O) groups is 1. The third kappa shape index (κ3) is 4.04. The highest BCUT2D eigenvalue weighted by Crippen LogP contribution is 2.25. The molecule has 0 aliphatic carbocycles. The molecule has 0 aromatic heterocycles. The van der Waals surface area contributed by atoms with Crippen LogP contribution in [0.2, 0.25) is 0 Å². The van der Waals surface area contributed by atoms with Gasteiger partial charge >= 0.3 is 0 Å². The van der Waals surface area contributed by atoms with Crippen molar-refractivity contribution in [2.24, 2.45) is 5.73 Å². The van der Waals surface area contributed by atoms with Crippen molar-refractivity contribution in [1.82, 2.24) is 0 Å². The number of nitrogens with two attached hydrogens (primary N) is 1. The van der Waals surface area contributed by atoms with Crippen LogP contribution in [0.1, 0.15) is 37.3 Å². The molecule has 1 unspecified atom stereocenters. The van der Waals surface area contributed by atoms with Crippen molar-refractivity contribution in [2.75, 3.05) is 5.32 Å². The minimum atomic E-state index is -0.0893. The molecule has 0 spiro atoms. The summed E-state index contributed by atoms with van der Waals surface area (Å²) >= 11 is 0. The van der Waals surface area contributed by atoms with E-state index in [0.29, 0.717) is 6.42 Å². The zero-order valence-corrected chi connectivity index (χ0v) is 11.3. The van der Waals surface area contributed by atoms with Crippen LogP contribution in [0.5, 0.6) is 5.75 Å². The number of phenols is 1. The van der Waals surface area contributed by atoms with Crippen molar-refractivity contribution < 1.29 is 9.90 Å². The van der Waals surface area contributed by atoms with E-state index in [2.05, 4.69) is 5.32 Å². The van der Waals surface area contributed by atoms with Crippen molar-refractivity contribution >= 4 is 11.6 Å². The number of amides is 1. The first-order chi connectivity index (χ1) is 8.43. The fourth-order valence-electron chi connectivity index (χ4n) is 1.85. The Balaban J connectivity index is 2.67. The Morgan fingerprint density at radius 3 is 2.67 bits per heavy atom. The average Bonchev–Trinajstić information content (AvgIpc) is 2.26. The first-order valence-electron chi connectivity index (χ1n) is 6.29. The third-order valence-corrected chi connectivity index (χ3v) is 2.92. The number of aryl methyl sites for hydroxylation is 2. The molecule has 1 rings (SSSR count). The summed E-state index contributed by atoms with van der Waals surface area (Å²) in [7, 11) is 0. The molecule has 4 heteroatoms. The van der Waals surface area contributed by atoms with Crippen LogP contribution in [-0.2, 0) is 4.79 Å². The van der Waals surface area contributed by atoms with Gasteiger partial charge in [-0.15, -0.1) is 0 Å². The molecular weight excluding hydrogens is 228 g/mol.